The predicted molar refractivity (Wildman–Crippen MR) is 109 cm³/mol. The highest BCUT2D eigenvalue weighted by atomic mass is 19.4. The molecule has 12 heteroatoms. The Balaban J connectivity index is 1.66. The van der Waals surface area contributed by atoms with Gasteiger partial charge in [-0.25, -0.2) is 14.1 Å². The molecule has 0 fully saturated rings. The van der Waals surface area contributed by atoms with Gasteiger partial charge < -0.3 is 14.4 Å². The Labute approximate surface area is 190 Å². The number of ether oxygens (including phenoxy) is 2. The van der Waals surface area contributed by atoms with Crippen LogP contribution in [0.25, 0.3) is 5.82 Å². The van der Waals surface area contributed by atoms with E-state index in [1.54, 1.807) is 0 Å². The standard InChI is InChI=1S/C22H17F4N5O3/c1-12(22(24,25)26)34-17-6-5-13(8-27)19(33-2)18(17)21(32)30-9-14-10-31(29-16(14)11-30)20-15(23)4-3-7-28-20/h3-7,10,12H,9,11H2,1-2H3. The van der Waals surface area contributed by atoms with E-state index in [-0.39, 0.29) is 41.5 Å². The van der Waals surface area contributed by atoms with E-state index in [0.29, 0.717) is 11.3 Å². The van der Waals surface area contributed by atoms with Crippen LogP contribution in [-0.4, -0.2) is 45.0 Å². The average molecular weight is 475 g/mol. The molecule has 0 saturated carbocycles. The van der Waals surface area contributed by atoms with Crippen LogP contribution in [0.15, 0.2) is 36.7 Å². The van der Waals surface area contributed by atoms with Crippen molar-refractivity contribution in [2.24, 2.45) is 0 Å². The highest BCUT2D eigenvalue weighted by molar-refractivity contribution is 6.00. The number of rotatable bonds is 5. The summed E-state index contributed by atoms with van der Waals surface area (Å²) < 4.78 is 64.8. The number of carbonyl (C=O) groups is 1. The smallest absolute Gasteiger partial charge is 0.425 e. The second-order valence-electron chi connectivity index (χ2n) is 7.45. The van der Waals surface area contributed by atoms with Crippen molar-refractivity contribution in [2.45, 2.75) is 32.3 Å². The molecule has 0 aliphatic carbocycles. The fourth-order valence-electron chi connectivity index (χ4n) is 3.53. The minimum absolute atomic E-state index is 0.00379. The minimum atomic E-state index is -4.67. The molecule has 1 unspecified atom stereocenters. The van der Waals surface area contributed by atoms with Gasteiger partial charge in [0.05, 0.1) is 24.9 Å². The molecule has 176 valence electrons. The molecule has 1 atom stereocenters. The summed E-state index contributed by atoms with van der Waals surface area (Å²) in [7, 11) is 1.20. The number of pyridine rings is 1. The summed E-state index contributed by atoms with van der Waals surface area (Å²) in [6, 6.07) is 6.89. The van der Waals surface area contributed by atoms with Gasteiger partial charge in [0.15, 0.2) is 23.5 Å². The maximum atomic E-state index is 14.0. The van der Waals surface area contributed by atoms with Crippen LogP contribution in [0.2, 0.25) is 0 Å². The van der Waals surface area contributed by atoms with E-state index >= 15 is 0 Å². The van der Waals surface area contributed by atoms with Crippen LogP contribution in [0.5, 0.6) is 11.5 Å². The van der Waals surface area contributed by atoms with Crippen molar-refractivity contribution in [2.75, 3.05) is 7.11 Å². The quantitative estimate of drug-likeness (QED) is 0.522. The van der Waals surface area contributed by atoms with Crippen LogP contribution >= 0.6 is 0 Å². The van der Waals surface area contributed by atoms with Gasteiger partial charge in [0.25, 0.3) is 5.91 Å². The lowest BCUT2D eigenvalue weighted by molar-refractivity contribution is -0.189. The predicted octanol–water partition coefficient (Wildman–Crippen LogP) is 3.77. The molecular weight excluding hydrogens is 458 g/mol. The van der Waals surface area contributed by atoms with Gasteiger partial charge in [-0.05, 0) is 31.2 Å². The lowest BCUT2D eigenvalue weighted by atomic mass is 10.1. The summed E-state index contributed by atoms with van der Waals surface area (Å²) >= 11 is 0. The zero-order valence-electron chi connectivity index (χ0n) is 17.9. The number of methoxy groups -OCH3 is 1. The molecule has 34 heavy (non-hydrogen) atoms. The lowest BCUT2D eigenvalue weighted by Gasteiger charge is -2.23. The monoisotopic (exact) mass is 475 g/mol. The molecule has 3 heterocycles. The third-order valence-electron chi connectivity index (χ3n) is 5.24. The second-order valence-corrected chi connectivity index (χ2v) is 7.45. The van der Waals surface area contributed by atoms with Gasteiger partial charge in [-0.15, -0.1) is 0 Å². The van der Waals surface area contributed by atoms with E-state index in [0.717, 1.165) is 13.0 Å². The van der Waals surface area contributed by atoms with Crippen molar-refractivity contribution in [3.63, 3.8) is 0 Å². The first-order valence-corrected chi connectivity index (χ1v) is 9.96. The molecule has 1 aliphatic heterocycles. The van der Waals surface area contributed by atoms with Gasteiger partial charge in [-0.2, -0.15) is 23.5 Å². The Morgan fingerprint density at radius 3 is 2.65 bits per heavy atom. The normalized spacial score (nSPS) is 13.9. The SMILES string of the molecule is COc1c(C#N)ccc(OC(C)C(F)(F)F)c1C(=O)N1Cc2cn(-c3ncccc3F)nc2C1. The molecule has 3 aromatic rings. The molecule has 0 N–H and O–H groups in total. The zero-order valence-corrected chi connectivity index (χ0v) is 17.9. The van der Waals surface area contributed by atoms with E-state index in [1.807, 2.05) is 6.07 Å². The molecule has 0 bridgehead atoms. The highest BCUT2D eigenvalue weighted by Gasteiger charge is 2.40. The van der Waals surface area contributed by atoms with Gasteiger partial charge in [0.2, 0.25) is 0 Å². The molecule has 1 amide bonds. The Hall–Kier alpha value is -4.14. The van der Waals surface area contributed by atoms with E-state index in [4.69, 9.17) is 9.47 Å². The Bertz CT molecular complexity index is 1280. The second kappa shape index (κ2) is 8.66. The molecule has 0 saturated heterocycles. The molecule has 1 aromatic carbocycles. The number of hydrogen-bond donors (Lipinski definition) is 0. The minimum Gasteiger partial charge on any atom is -0.494 e. The van der Waals surface area contributed by atoms with E-state index in [2.05, 4.69) is 10.1 Å². The lowest BCUT2D eigenvalue weighted by Crippen LogP contribution is -2.33. The van der Waals surface area contributed by atoms with Crippen molar-refractivity contribution >= 4 is 5.91 Å². The van der Waals surface area contributed by atoms with Gasteiger partial charge in [-0.1, -0.05) is 0 Å². The third kappa shape index (κ3) is 4.12. The molecule has 4 rings (SSSR count). The Morgan fingerprint density at radius 1 is 1.26 bits per heavy atom. The maximum absolute atomic E-state index is 14.0. The zero-order chi connectivity index (χ0) is 24.6. The Morgan fingerprint density at radius 2 is 2.03 bits per heavy atom. The number of nitrogens with zero attached hydrogens (tertiary/aromatic N) is 5. The summed E-state index contributed by atoms with van der Waals surface area (Å²) in [5, 5.41) is 13.7. The summed E-state index contributed by atoms with van der Waals surface area (Å²) in [5.74, 6) is -1.84. The van der Waals surface area contributed by atoms with E-state index < -0.39 is 24.0 Å². The number of fused-ring (bicyclic) bond motifs is 1. The number of carbonyl (C=O) groups excluding carboxylic acids is 1. The van der Waals surface area contributed by atoms with Crippen LogP contribution in [-0.2, 0) is 13.1 Å². The molecule has 0 spiro atoms. The van der Waals surface area contributed by atoms with Crippen molar-refractivity contribution in [3.05, 3.63) is 64.9 Å². The van der Waals surface area contributed by atoms with Gasteiger partial charge >= 0.3 is 6.18 Å². The van der Waals surface area contributed by atoms with Crippen LogP contribution in [0.4, 0.5) is 17.6 Å². The van der Waals surface area contributed by atoms with Crippen molar-refractivity contribution in [1.29, 1.82) is 5.26 Å². The summed E-state index contributed by atoms with van der Waals surface area (Å²) in [6.07, 6.45) is -3.93. The number of halogens is 4. The molecule has 1 aliphatic rings. The molecule has 8 nitrogen and oxygen atoms in total. The first kappa shape index (κ1) is 23.0. The summed E-state index contributed by atoms with van der Waals surface area (Å²) in [4.78, 5) is 18.7. The Kier molecular flexibility index (Phi) is 5.87. The average Bonchev–Trinajstić information content (AvgIpc) is 3.37. The largest absolute Gasteiger partial charge is 0.494 e. The number of nitriles is 1. The van der Waals surface area contributed by atoms with Crippen molar-refractivity contribution in [1.82, 2.24) is 19.7 Å². The highest BCUT2D eigenvalue weighted by Crippen LogP contribution is 2.37. The van der Waals surface area contributed by atoms with E-state index in [9.17, 15) is 27.6 Å². The first-order chi connectivity index (χ1) is 16.1. The maximum Gasteiger partial charge on any atom is 0.425 e. The van der Waals surface area contributed by atoms with Crippen LogP contribution in [0, 0.1) is 17.1 Å². The fourth-order valence-corrected chi connectivity index (χ4v) is 3.53. The summed E-state index contributed by atoms with van der Waals surface area (Å²) in [5.41, 5.74) is 0.747. The first-order valence-electron chi connectivity index (χ1n) is 9.96. The number of amides is 1. The molecular formula is C22H17F4N5O3. The van der Waals surface area contributed by atoms with Gasteiger partial charge in [0, 0.05) is 24.5 Å². The third-order valence-corrected chi connectivity index (χ3v) is 5.24. The van der Waals surface area contributed by atoms with Crippen LogP contribution in [0.1, 0.15) is 34.1 Å². The van der Waals surface area contributed by atoms with E-state index in [1.165, 1.54) is 47.3 Å². The van der Waals surface area contributed by atoms with Crippen molar-refractivity contribution < 1.29 is 31.8 Å². The molecule has 2 aromatic heterocycles. The van der Waals surface area contributed by atoms with Crippen molar-refractivity contribution in [3.8, 4) is 23.4 Å². The number of benzene rings is 1. The fraction of sp³-hybridized carbons (Fsp3) is 0.273. The number of aromatic nitrogens is 3. The topological polar surface area (TPSA) is 93.3 Å². The number of hydrogen-bond acceptors (Lipinski definition) is 6. The summed E-state index contributed by atoms with van der Waals surface area (Å²) in [6.45, 7) is 0.866. The number of alkyl halides is 3. The molecule has 0 radical (unpaired) electrons. The van der Waals surface area contributed by atoms with Gasteiger partial charge in [0.1, 0.15) is 17.4 Å². The van der Waals surface area contributed by atoms with Crippen LogP contribution < -0.4 is 9.47 Å². The van der Waals surface area contributed by atoms with Crippen LogP contribution in [0.3, 0.4) is 0 Å². The van der Waals surface area contributed by atoms with Gasteiger partial charge in [-0.3, -0.25) is 4.79 Å².